The maximum Gasteiger partial charge on any atom is 0.267 e. The van der Waals surface area contributed by atoms with E-state index in [0.717, 1.165) is 11.1 Å². The lowest BCUT2D eigenvalue weighted by molar-refractivity contribution is -0.111. The minimum Gasteiger partial charge on any atom is -0.497 e. The molecule has 1 aromatic rings. The predicted octanol–water partition coefficient (Wildman–Crippen LogP) is 3.77. The zero-order chi connectivity index (χ0) is 19.9. The van der Waals surface area contributed by atoms with Gasteiger partial charge in [-0.1, -0.05) is 54.6 Å². The smallest absolute Gasteiger partial charge is 0.267 e. The van der Waals surface area contributed by atoms with E-state index in [1.807, 2.05) is 60.7 Å². The summed E-state index contributed by atoms with van der Waals surface area (Å²) in [6.07, 6.45) is 21.5. The minimum atomic E-state index is -0.672. The molecular formula is C22H21N3O3. The van der Waals surface area contributed by atoms with E-state index in [4.69, 9.17) is 15.2 Å². The van der Waals surface area contributed by atoms with E-state index in [-0.39, 0.29) is 5.71 Å². The van der Waals surface area contributed by atoms with Crippen molar-refractivity contribution >= 4 is 30.2 Å². The lowest BCUT2D eigenvalue weighted by atomic mass is 10.1. The number of carbonyl (C=O) groups is 1. The van der Waals surface area contributed by atoms with E-state index in [9.17, 15) is 4.79 Å². The summed E-state index contributed by atoms with van der Waals surface area (Å²) in [7, 11) is 0. The molecule has 28 heavy (non-hydrogen) atoms. The molecule has 2 rings (SSSR count). The van der Waals surface area contributed by atoms with Gasteiger partial charge < -0.3 is 15.2 Å². The molecule has 6 nitrogen and oxygen atoms in total. The van der Waals surface area contributed by atoms with E-state index >= 15 is 0 Å². The number of nitrogens with zero attached hydrogens (tertiary/aromatic N) is 2. The van der Waals surface area contributed by atoms with E-state index < -0.39 is 5.91 Å². The summed E-state index contributed by atoms with van der Waals surface area (Å²) < 4.78 is 10.4. The number of hydrogen-bond acceptors (Lipinski definition) is 5. The van der Waals surface area contributed by atoms with Gasteiger partial charge in [-0.3, -0.25) is 4.79 Å². The van der Waals surface area contributed by atoms with Crippen molar-refractivity contribution in [3.05, 3.63) is 96.8 Å². The molecule has 1 aliphatic heterocycles. The molecule has 0 aromatic heterocycles. The highest BCUT2D eigenvalue weighted by Crippen LogP contribution is 2.12. The zero-order valence-electron chi connectivity index (χ0n) is 15.2. The van der Waals surface area contributed by atoms with E-state index in [1.54, 1.807) is 6.08 Å². The summed E-state index contributed by atoms with van der Waals surface area (Å²) in [5.74, 6) is -0.672. The SMILES string of the molecule is NC(=O)C1=NC=CN=COC=CC=CC=Cc2ccccc2C=CCOC=C1. The number of benzene rings is 1. The van der Waals surface area contributed by atoms with Gasteiger partial charge in [-0.05, 0) is 23.3 Å². The fraction of sp³-hybridized carbons (Fsp3) is 0.0455. The summed E-state index contributed by atoms with van der Waals surface area (Å²) >= 11 is 0. The van der Waals surface area contributed by atoms with Crippen molar-refractivity contribution < 1.29 is 14.3 Å². The van der Waals surface area contributed by atoms with Crippen LogP contribution in [0.25, 0.3) is 12.2 Å². The molecular weight excluding hydrogens is 354 g/mol. The maximum atomic E-state index is 11.4. The molecule has 0 aliphatic carbocycles. The first kappa shape index (κ1) is 20.4. The van der Waals surface area contributed by atoms with Crippen LogP contribution in [0, 0.1) is 0 Å². The number of carbonyl (C=O) groups excluding carboxylic acids is 1. The molecule has 0 bridgehead atoms. The summed E-state index contributed by atoms with van der Waals surface area (Å²) in [5, 5.41) is 0. The summed E-state index contributed by atoms with van der Waals surface area (Å²) in [4.78, 5) is 19.1. The van der Waals surface area contributed by atoms with Gasteiger partial charge in [-0.2, -0.15) is 0 Å². The molecule has 0 saturated heterocycles. The number of ether oxygens (including phenoxy) is 2. The monoisotopic (exact) mass is 375 g/mol. The van der Waals surface area contributed by atoms with Crippen molar-refractivity contribution in [2.45, 2.75) is 0 Å². The van der Waals surface area contributed by atoms with E-state index in [0.29, 0.717) is 6.61 Å². The quantitative estimate of drug-likeness (QED) is 0.811. The van der Waals surface area contributed by atoms with Crippen LogP contribution in [-0.2, 0) is 14.3 Å². The van der Waals surface area contributed by atoms with Crippen molar-refractivity contribution in [2.75, 3.05) is 6.61 Å². The average Bonchev–Trinajstić information content (AvgIpc) is 2.69. The second-order valence-corrected chi connectivity index (χ2v) is 5.31. The highest BCUT2D eigenvalue weighted by Gasteiger charge is 2.00. The molecule has 0 unspecified atom stereocenters. The van der Waals surface area contributed by atoms with E-state index in [2.05, 4.69) is 9.98 Å². The van der Waals surface area contributed by atoms with Crippen molar-refractivity contribution in [1.29, 1.82) is 0 Å². The Hall–Kier alpha value is -3.93. The van der Waals surface area contributed by atoms with Crippen LogP contribution in [0.2, 0.25) is 0 Å². The number of nitrogens with two attached hydrogens (primary N) is 1. The Kier molecular flexibility index (Phi) is 9.05. The van der Waals surface area contributed by atoms with Crippen LogP contribution in [0.3, 0.4) is 0 Å². The first-order chi connectivity index (χ1) is 13.8. The first-order valence-corrected chi connectivity index (χ1v) is 8.51. The number of primary amides is 1. The Morgan fingerprint density at radius 2 is 1.71 bits per heavy atom. The third-order valence-electron chi connectivity index (χ3n) is 3.31. The second kappa shape index (κ2) is 12.4. The molecule has 0 spiro atoms. The number of allylic oxidation sites excluding steroid dienone is 4. The van der Waals surface area contributed by atoms with Gasteiger partial charge >= 0.3 is 0 Å². The highest BCUT2D eigenvalue weighted by molar-refractivity contribution is 6.42. The van der Waals surface area contributed by atoms with Crippen LogP contribution in [0.15, 0.2) is 95.6 Å². The molecule has 1 heterocycles. The van der Waals surface area contributed by atoms with Gasteiger partial charge in [0.25, 0.3) is 5.91 Å². The van der Waals surface area contributed by atoms with Crippen LogP contribution < -0.4 is 5.73 Å². The third-order valence-corrected chi connectivity index (χ3v) is 3.31. The van der Waals surface area contributed by atoms with Gasteiger partial charge in [0.05, 0.1) is 12.5 Å². The van der Waals surface area contributed by atoms with Gasteiger partial charge in [0, 0.05) is 18.5 Å². The Labute approximate surface area is 164 Å². The third kappa shape index (κ3) is 7.97. The Balaban J connectivity index is 2.19. The Morgan fingerprint density at radius 3 is 2.54 bits per heavy atom. The van der Waals surface area contributed by atoms with Crippen LogP contribution in [0.4, 0.5) is 0 Å². The van der Waals surface area contributed by atoms with Gasteiger partial charge in [0.1, 0.15) is 12.3 Å². The lowest BCUT2D eigenvalue weighted by Crippen LogP contribution is -2.21. The largest absolute Gasteiger partial charge is 0.497 e. The summed E-state index contributed by atoms with van der Waals surface area (Å²) in [6, 6.07) is 7.99. The number of rotatable bonds is 1. The minimum absolute atomic E-state index is 0.0442. The van der Waals surface area contributed by atoms with Crippen LogP contribution in [0.1, 0.15) is 11.1 Å². The second-order valence-electron chi connectivity index (χ2n) is 5.31. The molecule has 0 radical (unpaired) electrons. The topological polar surface area (TPSA) is 86.3 Å². The molecule has 0 fully saturated rings. The first-order valence-electron chi connectivity index (χ1n) is 8.51. The average molecular weight is 375 g/mol. The molecule has 142 valence electrons. The lowest BCUT2D eigenvalue weighted by Gasteiger charge is -2.00. The molecule has 0 saturated carbocycles. The standard InChI is InChI=1S/C22H21N3O3/c23-22(26)21-12-17-27-16-7-11-20-10-5-4-9-19(20)8-3-1-2-6-15-28-18-24-13-14-25-21/h1-15,17-18H,16H2,(H2,23,26). The van der Waals surface area contributed by atoms with Gasteiger partial charge in [-0.15, -0.1) is 0 Å². The fourth-order valence-electron chi connectivity index (χ4n) is 2.04. The van der Waals surface area contributed by atoms with Crippen LogP contribution in [-0.4, -0.2) is 24.6 Å². The molecule has 1 aromatic carbocycles. The number of amides is 1. The van der Waals surface area contributed by atoms with Crippen molar-refractivity contribution in [3.63, 3.8) is 0 Å². The van der Waals surface area contributed by atoms with Gasteiger partial charge in [0.2, 0.25) is 0 Å². The predicted molar refractivity (Wildman–Crippen MR) is 113 cm³/mol. The Bertz CT molecular complexity index is 888. The highest BCUT2D eigenvalue weighted by atomic mass is 16.5. The summed E-state index contributed by atoms with van der Waals surface area (Å²) in [6.45, 7) is 0.336. The van der Waals surface area contributed by atoms with Gasteiger partial charge in [-0.25, -0.2) is 9.98 Å². The van der Waals surface area contributed by atoms with E-state index in [1.165, 1.54) is 37.4 Å². The molecule has 1 amide bonds. The molecule has 0 atom stereocenters. The van der Waals surface area contributed by atoms with Crippen molar-refractivity contribution in [3.8, 4) is 0 Å². The number of hydrogen-bond donors (Lipinski definition) is 1. The van der Waals surface area contributed by atoms with Crippen molar-refractivity contribution in [1.82, 2.24) is 0 Å². The molecule has 1 aliphatic rings. The normalized spacial score (nSPS) is 15.1. The van der Waals surface area contributed by atoms with Gasteiger partial charge in [0.15, 0.2) is 6.40 Å². The fourth-order valence-corrected chi connectivity index (χ4v) is 2.04. The Morgan fingerprint density at radius 1 is 0.929 bits per heavy atom. The van der Waals surface area contributed by atoms with Crippen LogP contribution >= 0.6 is 0 Å². The zero-order valence-corrected chi connectivity index (χ0v) is 15.2. The van der Waals surface area contributed by atoms with Crippen molar-refractivity contribution in [2.24, 2.45) is 15.7 Å². The summed E-state index contributed by atoms with van der Waals surface area (Å²) in [5.41, 5.74) is 7.46. The maximum absolute atomic E-state index is 11.4. The molecule has 2 N–H and O–H groups in total. The number of aliphatic imine (C=N–C) groups is 2. The molecule has 6 heteroatoms. The van der Waals surface area contributed by atoms with Crippen LogP contribution in [0.5, 0.6) is 0 Å². The number of fused-ring (bicyclic) bond motifs is 1.